The molecule has 0 fully saturated rings. The standard InChI is InChI=1S/C28H35N3O3/c1-18(2)16-29-25(33)17-31-22-12-8-7-11-20(22)30-21-14-28(3,4)15-23(32)26(21)27(31)19-10-6-9-13-24(19)34-5/h6-13,18,27,30H,14-17H2,1-5H3,(H,29,33)/t27-/m0/s1. The van der Waals surface area contributed by atoms with E-state index in [0.29, 0.717) is 24.6 Å². The van der Waals surface area contributed by atoms with Gasteiger partial charge in [0.2, 0.25) is 5.91 Å². The highest BCUT2D eigenvalue weighted by Gasteiger charge is 2.42. The second kappa shape index (κ2) is 9.53. The summed E-state index contributed by atoms with van der Waals surface area (Å²) in [5, 5.41) is 6.63. The van der Waals surface area contributed by atoms with Crippen LogP contribution in [-0.4, -0.2) is 31.9 Å². The number of carbonyl (C=O) groups excluding carboxylic acids is 2. The molecule has 1 aliphatic heterocycles. The van der Waals surface area contributed by atoms with Crippen LogP contribution in [0.1, 0.15) is 52.1 Å². The van der Waals surface area contributed by atoms with Crippen molar-refractivity contribution < 1.29 is 14.3 Å². The van der Waals surface area contributed by atoms with E-state index in [0.717, 1.165) is 34.6 Å². The first-order valence-electron chi connectivity index (χ1n) is 12.0. The molecule has 2 aromatic carbocycles. The lowest BCUT2D eigenvalue weighted by Gasteiger charge is -2.38. The van der Waals surface area contributed by atoms with Gasteiger partial charge in [-0.2, -0.15) is 0 Å². The summed E-state index contributed by atoms with van der Waals surface area (Å²) in [5.74, 6) is 1.08. The lowest BCUT2D eigenvalue weighted by Crippen LogP contribution is -2.42. The number of amides is 1. The van der Waals surface area contributed by atoms with E-state index in [9.17, 15) is 9.59 Å². The minimum atomic E-state index is -0.448. The van der Waals surface area contributed by atoms with E-state index in [1.165, 1.54) is 0 Å². The van der Waals surface area contributed by atoms with Crippen LogP contribution in [-0.2, 0) is 9.59 Å². The Morgan fingerprint density at radius 3 is 2.59 bits per heavy atom. The van der Waals surface area contributed by atoms with Crippen molar-refractivity contribution >= 4 is 23.1 Å². The number of fused-ring (bicyclic) bond motifs is 1. The van der Waals surface area contributed by atoms with Crippen molar-refractivity contribution in [3.63, 3.8) is 0 Å². The largest absolute Gasteiger partial charge is 0.496 e. The number of allylic oxidation sites excluding steroid dienone is 1. The van der Waals surface area contributed by atoms with E-state index in [-0.39, 0.29) is 23.7 Å². The summed E-state index contributed by atoms with van der Waals surface area (Å²) in [6.07, 6.45) is 1.21. The molecule has 0 aromatic heterocycles. The molecule has 6 heteroatoms. The molecule has 1 atom stereocenters. The fourth-order valence-corrected chi connectivity index (χ4v) is 4.97. The number of ether oxygens (including phenoxy) is 1. The summed E-state index contributed by atoms with van der Waals surface area (Å²) in [6.45, 7) is 9.13. The highest BCUT2D eigenvalue weighted by atomic mass is 16.5. The second-order valence-corrected chi connectivity index (χ2v) is 10.4. The summed E-state index contributed by atoms with van der Waals surface area (Å²) < 4.78 is 5.73. The van der Waals surface area contributed by atoms with Crippen molar-refractivity contribution in [3.05, 3.63) is 65.4 Å². The van der Waals surface area contributed by atoms with Gasteiger partial charge in [0.15, 0.2) is 5.78 Å². The van der Waals surface area contributed by atoms with Gasteiger partial charge in [-0.15, -0.1) is 0 Å². The van der Waals surface area contributed by atoms with Gasteiger partial charge in [-0.25, -0.2) is 0 Å². The molecule has 1 aliphatic carbocycles. The van der Waals surface area contributed by atoms with Gasteiger partial charge in [-0.3, -0.25) is 9.59 Å². The van der Waals surface area contributed by atoms with Gasteiger partial charge in [0.1, 0.15) is 5.75 Å². The topological polar surface area (TPSA) is 70.7 Å². The maximum absolute atomic E-state index is 13.7. The quantitative estimate of drug-likeness (QED) is 0.628. The van der Waals surface area contributed by atoms with Crippen LogP contribution < -0.4 is 20.3 Å². The Hall–Kier alpha value is -3.28. The molecule has 0 unspecified atom stereocenters. The molecule has 2 aromatic rings. The summed E-state index contributed by atoms with van der Waals surface area (Å²) >= 11 is 0. The summed E-state index contributed by atoms with van der Waals surface area (Å²) in [4.78, 5) is 28.9. The molecule has 2 aliphatic rings. The number of ketones is 1. The van der Waals surface area contributed by atoms with Crippen LogP contribution in [0, 0.1) is 11.3 Å². The number of hydrogen-bond donors (Lipinski definition) is 2. The Morgan fingerprint density at radius 2 is 1.85 bits per heavy atom. The van der Waals surface area contributed by atoms with Crippen molar-refractivity contribution in [1.29, 1.82) is 0 Å². The van der Waals surface area contributed by atoms with E-state index in [4.69, 9.17) is 4.74 Å². The van der Waals surface area contributed by atoms with Crippen LogP contribution in [0.5, 0.6) is 5.75 Å². The van der Waals surface area contributed by atoms with Gasteiger partial charge in [-0.05, 0) is 36.0 Å². The third kappa shape index (κ3) is 4.81. The molecule has 6 nitrogen and oxygen atoms in total. The third-order valence-corrected chi connectivity index (χ3v) is 6.46. The molecular weight excluding hydrogens is 426 g/mol. The van der Waals surface area contributed by atoms with Crippen LogP contribution in [0.4, 0.5) is 11.4 Å². The number of nitrogens with zero attached hydrogens (tertiary/aromatic N) is 1. The number of para-hydroxylation sites is 3. The van der Waals surface area contributed by atoms with Gasteiger partial charge in [-0.1, -0.05) is 58.0 Å². The first-order valence-corrected chi connectivity index (χ1v) is 12.0. The number of carbonyl (C=O) groups is 2. The van der Waals surface area contributed by atoms with Crippen molar-refractivity contribution in [2.75, 3.05) is 30.4 Å². The second-order valence-electron chi connectivity index (χ2n) is 10.4. The predicted molar refractivity (Wildman–Crippen MR) is 136 cm³/mol. The lowest BCUT2D eigenvalue weighted by molar-refractivity contribution is -0.120. The number of nitrogens with one attached hydrogen (secondary N) is 2. The monoisotopic (exact) mass is 461 g/mol. The Balaban J connectivity index is 1.91. The highest BCUT2D eigenvalue weighted by Crippen LogP contribution is 2.49. The molecular formula is C28H35N3O3. The van der Waals surface area contributed by atoms with Gasteiger partial charge in [0.05, 0.1) is 31.1 Å². The molecule has 2 N–H and O–H groups in total. The normalized spacial score (nSPS) is 19.2. The van der Waals surface area contributed by atoms with Crippen LogP contribution in [0.2, 0.25) is 0 Å². The molecule has 0 bridgehead atoms. The minimum absolute atomic E-state index is 0.0731. The molecule has 180 valence electrons. The van der Waals surface area contributed by atoms with Crippen molar-refractivity contribution in [2.24, 2.45) is 11.3 Å². The fourth-order valence-electron chi connectivity index (χ4n) is 4.97. The lowest BCUT2D eigenvalue weighted by atomic mass is 9.73. The number of rotatable bonds is 6. The van der Waals surface area contributed by atoms with E-state index < -0.39 is 6.04 Å². The molecule has 0 spiro atoms. The smallest absolute Gasteiger partial charge is 0.239 e. The maximum Gasteiger partial charge on any atom is 0.239 e. The number of methoxy groups -OCH3 is 1. The van der Waals surface area contributed by atoms with Crippen LogP contribution in [0.3, 0.4) is 0 Å². The van der Waals surface area contributed by atoms with E-state index >= 15 is 0 Å². The molecule has 1 heterocycles. The minimum Gasteiger partial charge on any atom is -0.496 e. The SMILES string of the molecule is COc1ccccc1[C@H]1C2=C(CC(C)(C)CC2=O)Nc2ccccc2N1CC(=O)NCC(C)C. The molecule has 0 saturated heterocycles. The molecule has 0 radical (unpaired) electrons. The van der Waals surface area contributed by atoms with Crippen molar-refractivity contribution in [1.82, 2.24) is 5.32 Å². The average molecular weight is 462 g/mol. The average Bonchev–Trinajstić information content (AvgIpc) is 2.91. The van der Waals surface area contributed by atoms with E-state index in [2.05, 4.69) is 43.2 Å². The zero-order valence-electron chi connectivity index (χ0n) is 20.8. The number of anilines is 2. The van der Waals surface area contributed by atoms with Crippen LogP contribution in [0.25, 0.3) is 0 Å². The Kier molecular flexibility index (Phi) is 6.69. The van der Waals surface area contributed by atoms with Crippen LogP contribution >= 0.6 is 0 Å². The van der Waals surface area contributed by atoms with E-state index in [1.54, 1.807) is 7.11 Å². The zero-order valence-corrected chi connectivity index (χ0v) is 20.8. The number of Topliss-reactive ketones (excluding diaryl/α,β-unsaturated/α-hetero) is 1. The van der Waals surface area contributed by atoms with Gasteiger partial charge < -0.3 is 20.3 Å². The van der Waals surface area contributed by atoms with Gasteiger partial charge in [0.25, 0.3) is 0 Å². The fraction of sp³-hybridized carbons (Fsp3) is 0.429. The zero-order chi connectivity index (χ0) is 24.5. The van der Waals surface area contributed by atoms with Crippen molar-refractivity contribution in [3.8, 4) is 5.75 Å². The first-order chi connectivity index (χ1) is 16.2. The summed E-state index contributed by atoms with van der Waals surface area (Å²) in [7, 11) is 1.64. The maximum atomic E-state index is 13.7. The summed E-state index contributed by atoms with van der Waals surface area (Å²) in [6, 6.07) is 15.3. The summed E-state index contributed by atoms with van der Waals surface area (Å²) in [5.41, 5.74) is 4.16. The predicted octanol–water partition coefficient (Wildman–Crippen LogP) is 5.08. The Bertz CT molecular complexity index is 1120. The molecule has 34 heavy (non-hydrogen) atoms. The van der Waals surface area contributed by atoms with E-state index in [1.807, 2.05) is 48.5 Å². The molecule has 0 saturated carbocycles. The van der Waals surface area contributed by atoms with Gasteiger partial charge in [0, 0.05) is 29.8 Å². The first kappa shape index (κ1) is 23.9. The van der Waals surface area contributed by atoms with Crippen LogP contribution in [0.15, 0.2) is 59.8 Å². The Morgan fingerprint density at radius 1 is 1.15 bits per heavy atom. The van der Waals surface area contributed by atoms with Crippen molar-refractivity contribution in [2.45, 2.75) is 46.6 Å². The number of hydrogen-bond acceptors (Lipinski definition) is 5. The Labute approximate surface area is 202 Å². The van der Waals surface area contributed by atoms with Gasteiger partial charge >= 0.3 is 0 Å². The molecule has 4 rings (SSSR count). The third-order valence-electron chi connectivity index (χ3n) is 6.46. The molecule has 1 amide bonds. The number of benzene rings is 2. The highest BCUT2D eigenvalue weighted by molar-refractivity contribution is 6.02.